The van der Waals surface area contributed by atoms with Gasteiger partial charge in [0.2, 0.25) is 8.32 Å². The van der Waals surface area contributed by atoms with E-state index < -0.39 is 14.4 Å². The van der Waals surface area contributed by atoms with E-state index in [4.69, 9.17) is 4.43 Å². The fourth-order valence-electron chi connectivity index (χ4n) is 1.78. The summed E-state index contributed by atoms with van der Waals surface area (Å²) < 4.78 is 6.25. The molecule has 4 heteroatoms. The highest BCUT2D eigenvalue weighted by molar-refractivity contribution is 7.10. The normalized spacial score (nSPS) is 14.0. The molecule has 1 atom stereocenters. The first-order valence-corrected chi connectivity index (χ1v) is 11.0. The summed E-state index contributed by atoms with van der Waals surface area (Å²) in [5.74, 6) is 0.892. The third-order valence-electron chi connectivity index (χ3n) is 4.19. The zero-order chi connectivity index (χ0) is 15.7. The highest BCUT2D eigenvalue weighted by atomic mass is 32.1. The third-order valence-corrected chi connectivity index (χ3v) is 9.47. The molecule has 0 aliphatic heterocycles. The lowest BCUT2D eigenvalue weighted by atomic mass is 10.1. The Kier molecular flexibility index (Phi) is 4.61. The predicted molar refractivity (Wildman–Crippen MR) is 92.6 cm³/mol. The van der Waals surface area contributed by atoms with Gasteiger partial charge in [-0.1, -0.05) is 39.0 Å². The molecule has 0 aliphatic carbocycles. The number of aliphatic hydroxyl groups is 1. The molecule has 1 aromatic heterocycles. The number of thiophene rings is 1. The van der Waals surface area contributed by atoms with Gasteiger partial charge in [-0.15, -0.1) is 11.3 Å². The van der Waals surface area contributed by atoms with Crippen molar-refractivity contribution in [3.63, 3.8) is 0 Å². The van der Waals surface area contributed by atoms with E-state index in [9.17, 15) is 5.11 Å². The SMILES string of the molecule is CC(C)(C)[Si](C)(C)Oc1ccc(C(O)c2cccs2)cc1. The molecule has 21 heavy (non-hydrogen) atoms. The molecule has 1 N–H and O–H groups in total. The Morgan fingerprint density at radius 2 is 1.71 bits per heavy atom. The molecule has 0 saturated carbocycles. The molecule has 0 amide bonds. The average Bonchev–Trinajstić information content (AvgIpc) is 2.91. The molecule has 2 nitrogen and oxygen atoms in total. The van der Waals surface area contributed by atoms with Crippen molar-refractivity contribution in [1.29, 1.82) is 0 Å². The standard InChI is InChI=1S/C17H24O2SSi/c1-17(2,3)21(4,5)19-14-10-8-13(9-11-14)16(18)15-7-6-12-20-15/h6-12,16,18H,1-5H3. The fraction of sp³-hybridized carbons (Fsp3) is 0.412. The Morgan fingerprint density at radius 1 is 1.10 bits per heavy atom. The highest BCUT2D eigenvalue weighted by Crippen LogP contribution is 2.37. The summed E-state index contributed by atoms with van der Waals surface area (Å²) in [6, 6.07) is 11.7. The number of hydrogen-bond acceptors (Lipinski definition) is 3. The summed E-state index contributed by atoms with van der Waals surface area (Å²) in [6.07, 6.45) is -0.549. The first-order valence-electron chi connectivity index (χ1n) is 7.21. The Hall–Kier alpha value is -1.10. The summed E-state index contributed by atoms with van der Waals surface area (Å²) in [4.78, 5) is 0.966. The minimum atomic E-state index is -1.80. The molecule has 1 heterocycles. The van der Waals surface area contributed by atoms with Crippen molar-refractivity contribution >= 4 is 19.7 Å². The maximum Gasteiger partial charge on any atom is 0.250 e. The van der Waals surface area contributed by atoms with Crippen molar-refractivity contribution in [2.24, 2.45) is 0 Å². The molecule has 1 unspecified atom stereocenters. The van der Waals surface area contributed by atoms with Crippen LogP contribution in [0.2, 0.25) is 18.1 Å². The van der Waals surface area contributed by atoms with Gasteiger partial charge in [0.1, 0.15) is 11.9 Å². The number of benzene rings is 1. The van der Waals surface area contributed by atoms with Crippen LogP contribution in [0.1, 0.15) is 37.3 Å². The van der Waals surface area contributed by atoms with Gasteiger partial charge in [-0.25, -0.2) is 0 Å². The van der Waals surface area contributed by atoms with Crippen LogP contribution in [-0.4, -0.2) is 13.4 Å². The van der Waals surface area contributed by atoms with Crippen LogP contribution >= 0.6 is 11.3 Å². The predicted octanol–water partition coefficient (Wildman–Crippen LogP) is 5.21. The van der Waals surface area contributed by atoms with Gasteiger partial charge in [-0.3, -0.25) is 0 Å². The van der Waals surface area contributed by atoms with E-state index in [0.717, 1.165) is 16.2 Å². The highest BCUT2D eigenvalue weighted by Gasteiger charge is 2.38. The van der Waals surface area contributed by atoms with Crippen molar-refractivity contribution in [2.75, 3.05) is 0 Å². The van der Waals surface area contributed by atoms with Crippen LogP contribution in [-0.2, 0) is 0 Å². The number of rotatable bonds is 4. The maximum absolute atomic E-state index is 10.3. The van der Waals surface area contributed by atoms with E-state index in [0.29, 0.717) is 0 Å². The molecule has 0 aliphatic rings. The lowest BCUT2D eigenvalue weighted by Gasteiger charge is -2.36. The average molecular weight is 321 g/mol. The van der Waals surface area contributed by atoms with Crippen LogP contribution in [0.3, 0.4) is 0 Å². The molecule has 0 saturated heterocycles. The molecule has 1 aromatic carbocycles. The second-order valence-electron chi connectivity index (χ2n) is 6.85. The molecular weight excluding hydrogens is 296 g/mol. The topological polar surface area (TPSA) is 29.5 Å². The van der Waals surface area contributed by atoms with E-state index in [1.807, 2.05) is 41.8 Å². The minimum Gasteiger partial charge on any atom is -0.544 e. The van der Waals surface area contributed by atoms with E-state index in [-0.39, 0.29) is 5.04 Å². The maximum atomic E-state index is 10.3. The largest absolute Gasteiger partial charge is 0.544 e. The van der Waals surface area contributed by atoms with Gasteiger partial charge in [0.25, 0.3) is 0 Å². The van der Waals surface area contributed by atoms with Crippen LogP contribution in [0.4, 0.5) is 0 Å². The molecule has 0 radical (unpaired) electrons. The molecule has 0 bridgehead atoms. The molecular formula is C17H24O2SSi. The van der Waals surface area contributed by atoms with Gasteiger partial charge >= 0.3 is 0 Å². The first-order chi connectivity index (χ1) is 9.71. The van der Waals surface area contributed by atoms with Crippen LogP contribution in [0.5, 0.6) is 5.75 Å². The Morgan fingerprint density at radius 3 is 2.19 bits per heavy atom. The Bertz CT molecular complexity index is 568. The van der Waals surface area contributed by atoms with Crippen LogP contribution in [0.15, 0.2) is 41.8 Å². The van der Waals surface area contributed by atoms with Crippen LogP contribution < -0.4 is 4.43 Å². The second-order valence-corrected chi connectivity index (χ2v) is 12.6. The van der Waals surface area contributed by atoms with Crippen molar-refractivity contribution in [1.82, 2.24) is 0 Å². The van der Waals surface area contributed by atoms with Gasteiger partial charge in [0.15, 0.2) is 0 Å². The summed E-state index contributed by atoms with van der Waals surface area (Å²) in [5, 5.41) is 12.5. The molecule has 114 valence electrons. The zero-order valence-corrected chi connectivity index (χ0v) is 15.2. The van der Waals surface area contributed by atoms with Crippen molar-refractivity contribution < 1.29 is 9.53 Å². The molecule has 0 fully saturated rings. The fourth-order valence-corrected chi connectivity index (χ4v) is 3.54. The monoisotopic (exact) mass is 320 g/mol. The zero-order valence-electron chi connectivity index (χ0n) is 13.4. The van der Waals surface area contributed by atoms with Crippen LogP contribution in [0, 0.1) is 0 Å². The number of hydrogen-bond donors (Lipinski definition) is 1. The number of aliphatic hydroxyl groups excluding tert-OH is 1. The molecule has 2 rings (SSSR count). The van der Waals surface area contributed by atoms with Gasteiger partial charge in [0.05, 0.1) is 0 Å². The quantitative estimate of drug-likeness (QED) is 0.783. The lowest BCUT2D eigenvalue weighted by Crippen LogP contribution is -2.43. The Balaban J connectivity index is 2.13. The van der Waals surface area contributed by atoms with E-state index in [1.165, 1.54) is 0 Å². The molecule has 0 spiro atoms. The summed E-state index contributed by atoms with van der Waals surface area (Å²) in [5.41, 5.74) is 0.903. The second kappa shape index (κ2) is 5.95. The summed E-state index contributed by atoms with van der Waals surface area (Å²) in [6.45, 7) is 11.2. The summed E-state index contributed by atoms with van der Waals surface area (Å²) >= 11 is 1.57. The summed E-state index contributed by atoms with van der Waals surface area (Å²) in [7, 11) is -1.80. The third kappa shape index (κ3) is 3.76. The molecule has 2 aromatic rings. The van der Waals surface area contributed by atoms with Crippen LogP contribution in [0.25, 0.3) is 0 Å². The van der Waals surface area contributed by atoms with E-state index in [2.05, 4.69) is 33.9 Å². The van der Waals surface area contributed by atoms with Gasteiger partial charge < -0.3 is 9.53 Å². The first kappa shape index (κ1) is 16.3. The van der Waals surface area contributed by atoms with Crippen molar-refractivity contribution in [2.45, 2.75) is 45.0 Å². The minimum absolute atomic E-state index is 0.183. The van der Waals surface area contributed by atoms with E-state index >= 15 is 0 Å². The van der Waals surface area contributed by atoms with Crippen molar-refractivity contribution in [3.05, 3.63) is 52.2 Å². The smallest absolute Gasteiger partial charge is 0.250 e. The van der Waals surface area contributed by atoms with E-state index in [1.54, 1.807) is 11.3 Å². The van der Waals surface area contributed by atoms with Crippen molar-refractivity contribution in [3.8, 4) is 5.75 Å². The Labute approximate surface area is 132 Å². The lowest BCUT2D eigenvalue weighted by molar-refractivity contribution is 0.224. The van der Waals surface area contributed by atoms with Gasteiger partial charge in [0, 0.05) is 4.88 Å². The van der Waals surface area contributed by atoms with Gasteiger partial charge in [-0.2, -0.15) is 0 Å². The van der Waals surface area contributed by atoms with Gasteiger partial charge in [-0.05, 0) is 47.3 Å².